The minimum atomic E-state index is 0. The Balaban J connectivity index is 0.00000125. The van der Waals surface area contributed by atoms with Crippen molar-refractivity contribution in [3.05, 3.63) is 82.7 Å². The Morgan fingerprint density at radius 3 is 3.00 bits per heavy atom. The van der Waals surface area contributed by atoms with Gasteiger partial charge in [-0.05, 0) is 42.1 Å². The zero-order valence-electron chi connectivity index (χ0n) is 12.7. The van der Waals surface area contributed by atoms with Crippen LogP contribution in [0.5, 0.6) is 0 Å². The molecule has 1 fully saturated rings. The summed E-state index contributed by atoms with van der Waals surface area (Å²) in [6.07, 6.45) is 22.9. The van der Waals surface area contributed by atoms with Gasteiger partial charge in [0.2, 0.25) is 0 Å². The van der Waals surface area contributed by atoms with Crippen molar-refractivity contribution in [3.63, 3.8) is 0 Å². The molecule has 2 heterocycles. The highest BCUT2D eigenvalue weighted by molar-refractivity contribution is 5.85. The summed E-state index contributed by atoms with van der Waals surface area (Å²) in [4.78, 5) is 0. The van der Waals surface area contributed by atoms with Crippen molar-refractivity contribution < 1.29 is 0 Å². The highest BCUT2D eigenvalue weighted by Crippen LogP contribution is 2.54. The lowest BCUT2D eigenvalue weighted by Crippen LogP contribution is -2.50. The van der Waals surface area contributed by atoms with E-state index in [0.29, 0.717) is 11.8 Å². The Labute approximate surface area is 138 Å². The van der Waals surface area contributed by atoms with Crippen LogP contribution in [0.4, 0.5) is 0 Å². The molecule has 1 nitrogen and oxygen atoms in total. The van der Waals surface area contributed by atoms with Crippen LogP contribution < -0.4 is 5.32 Å². The minimum Gasteiger partial charge on any atom is -0.378 e. The van der Waals surface area contributed by atoms with Gasteiger partial charge in [-0.25, -0.2) is 0 Å². The summed E-state index contributed by atoms with van der Waals surface area (Å²) in [5.74, 6) is 1.06. The van der Waals surface area contributed by atoms with E-state index in [-0.39, 0.29) is 17.9 Å². The highest BCUT2D eigenvalue weighted by Gasteiger charge is 2.51. The molecular weight excluding hydrogens is 290 g/mol. The normalized spacial score (nSPS) is 36.3. The van der Waals surface area contributed by atoms with Crippen LogP contribution in [-0.2, 0) is 0 Å². The zero-order valence-corrected chi connectivity index (χ0v) is 13.5. The molecule has 1 N–H and O–H groups in total. The number of halogens is 1. The van der Waals surface area contributed by atoms with Crippen LogP contribution in [0.1, 0.15) is 19.8 Å². The quantitative estimate of drug-likeness (QED) is 0.693. The van der Waals surface area contributed by atoms with Gasteiger partial charge in [-0.2, -0.15) is 0 Å². The van der Waals surface area contributed by atoms with Crippen molar-refractivity contribution in [3.8, 4) is 0 Å². The highest BCUT2D eigenvalue weighted by atomic mass is 35.5. The smallest absolute Gasteiger partial charge is 0.0667 e. The Bertz CT molecular complexity index is 757. The van der Waals surface area contributed by atoms with Crippen molar-refractivity contribution in [2.24, 2.45) is 11.8 Å². The lowest BCUT2D eigenvalue weighted by Gasteiger charge is -2.44. The molecule has 112 valence electrons. The molecule has 3 atom stereocenters. The van der Waals surface area contributed by atoms with E-state index < -0.39 is 0 Å². The van der Waals surface area contributed by atoms with E-state index in [9.17, 15) is 0 Å². The third-order valence-corrected chi connectivity index (χ3v) is 5.71. The van der Waals surface area contributed by atoms with Gasteiger partial charge in [-0.3, -0.25) is 0 Å². The summed E-state index contributed by atoms with van der Waals surface area (Å²) in [7, 11) is 0. The molecule has 0 aromatic heterocycles. The van der Waals surface area contributed by atoms with Crippen LogP contribution in [0.2, 0.25) is 0 Å². The minimum absolute atomic E-state index is 0. The molecule has 0 amide bonds. The molecule has 5 aliphatic rings. The van der Waals surface area contributed by atoms with Crippen LogP contribution in [0.25, 0.3) is 0 Å². The number of piperidine rings is 1. The molecule has 22 heavy (non-hydrogen) atoms. The molecule has 2 bridgehead atoms. The fourth-order valence-electron chi connectivity index (χ4n) is 4.74. The Morgan fingerprint density at radius 1 is 1.18 bits per heavy atom. The SMILES string of the molecule is CC12NC(=C3C=CC=CC31)CC1C3=CCC=CC3=CC=C12.Cl. The first-order valence-corrected chi connectivity index (χ1v) is 7.93. The molecule has 5 rings (SSSR count). The van der Waals surface area contributed by atoms with Crippen LogP contribution >= 0.6 is 12.4 Å². The van der Waals surface area contributed by atoms with E-state index in [0.717, 1.165) is 12.8 Å². The number of rotatable bonds is 0. The van der Waals surface area contributed by atoms with E-state index >= 15 is 0 Å². The molecule has 0 radical (unpaired) electrons. The number of allylic oxidation sites excluding steroid dienone is 11. The second-order valence-corrected chi connectivity index (χ2v) is 6.78. The maximum Gasteiger partial charge on any atom is 0.0667 e. The number of nitrogens with one attached hydrogen (secondary N) is 1. The third kappa shape index (κ3) is 1.60. The molecule has 2 aliphatic heterocycles. The zero-order chi connectivity index (χ0) is 14.0. The monoisotopic (exact) mass is 309 g/mol. The number of fused-ring (bicyclic) bond motifs is 8. The first kappa shape index (κ1) is 13.9. The summed E-state index contributed by atoms with van der Waals surface area (Å²) in [6.45, 7) is 2.38. The van der Waals surface area contributed by atoms with Crippen LogP contribution in [0.3, 0.4) is 0 Å². The predicted octanol–water partition coefficient (Wildman–Crippen LogP) is 4.54. The van der Waals surface area contributed by atoms with Crippen molar-refractivity contribution in [2.75, 3.05) is 0 Å². The van der Waals surface area contributed by atoms with Gasteiger partial charge < -0.3 is 5.32 Å². The van der Waals surface area contributed by atoms with Gasteiger partial charge >= 0.3 is 0 Å². The fourth-order valence-corrected chi connectivity index (χ4v) is 4.74. The average Bonchev–Trinajstić information content (AvgIpc) is 2.77. The Kier molecular flexibility index (Phi) is 2.93. The van der Waals surface area contributed by atoms with Gasteiger partial charge in [0.05, 0.1) is 5.54 Å². The van der Waals surface area contributed by atoms with E-state index in [1.807, 2.05) is 0 Å². The van der Waals surface area contributed by atoms with Crippen molar-refractivity contribution in [1.82, 2.24) is 5.32 Å². The predicted molar refractivity (Wildman–Crippen MR) is 93.7 cm³/mol. The van der Waals surface area contributed by atoms with Crippen LogP contribution in [0, 0.1) is 11.8 Å². The van der Waals surface area contributed by atoms with Crippen molar-refractivity contribution in [2.45, 2.75) is 25.3 Å². The topological polar surface area (TPSA) is 12.0 Å². The fraction of sp³-hybridized carbons (Fsp3) is 0.300. The maximum absolute atomic E-state index is 3.84. The Morgan fingerprint density at radius 2 is 2.09 bits per heavy atom. The van der Waals surface area contributed by atoms with Crippen molar-refractivity contribution >= 4 is 12.4 Å². The third-order valence-electron chi connectivity index (χ3n) is 5.71. The number of hydrogen-bond donors (Lipinski definition) is 1. The molecule has 0 spiro atoms. The summed E-state index contributed by atoms with van der Waals surface area (Å²) in [5.41, 5.74) is 7.55. The standard InChI is InChI=1S/C20H19N.ClH/c1-20-17-9-5-4-8-15(17)19(21-20)12-16-14-7-3-2-6-13(14)10-11-18(16)20;/h2,4-11,16-17,21H,3,12H2,1H3;1H. The van der Waals surface area contributed by atoms with Crippen LogP contribution in [0.15, 0.2) is 82.7 Å². The first-order valence-electron chi connectivity index (χ1n) is 7.93. The van der Waals surface area contributed by atoms with Crippen molar-refractivity contribution in [1.29, 1.82) is 0 Å². The summed E-state index contributed by atoms with van der Waals surface area (Å²) in [5, 5.41) is 3.84. The van der Waals surface area contributed by atoms with E-state index in [1.165, 1.54) is 16.8 Å². The second-order valence-electron chi connectivity index (χ2n) is 6.78. The van der Waals surface area contributed by atoms with Gasteiger partial charge in [-0.1, -0.05) is 54.7 Å². The molecule has 0 aromatic carbocycles. The summed E-state index contributed by atoms with van der Waals surface area (Å²) >= 11 is 0. The molecule has 1 saturated heterocycles. The summed E-state index contributed by atoms with van der Waals surface area (Å²) < 4.78 is 0. The Hall–Kier alpha value is -1.73. The van der Waals surface area contributed by atoms with E-state index in [1.54, 1.807) is 11.1 Å². The van der Waals surface area contributed by atoms with Gasteiger partial charge in [0.1, 0.15) is 0 Å². The van der Waals surface area contributed by atoms with E-state index in [2.05, 4.69) is 66.9 Å². The van der Waals surface area contributed by atoms with Gasteiger partial charge in [0, 0.05) is 17.5 Å². The summed E-state index contributed by atoms with van der Waals surface area (Å²) in [6, 6.07) is 0. The molecule has 3 aliphatic carbocycles. The lowest BCUT2D eigenvalue weighted by molar-refractivity contribution is 0.355. The lowest BCUT2D eigenvalue weighted by atomic mass is 9.67. The molecular formula is C20H20ClN. The second kappa shape index (κ2) is 4.63. The first-order chi connectivity index (χ1) is 10.3. The number of hydrogen-bond acceptors (Lipinski definition) is 1. The van der Waals surface area contributed by atoms with Crippen LogP contribution in [-0.4, -0.2) is 5.54 Å². The largest absolute Gasteiger partial charge is 0.378 e. The van der Waals surface area contributed by atoms with Gasteiger partial charge in [0.15, 0.2) is 0 Å². The molecule has 0 saturated carbocycles. The average molecular weight is 310 g/mol. The molecule has 0 aromatic rings. The molecule has 3 unspecified atom stereocenters. The van der Waals surface area contributed by atoms with E-state index in [4.69, 9.17) is 0 Å². The molecule has 2 heteroatoms. The maximum atomic E-state index is 3.84. The van der Waals surface area contributed by atoms with Gasteiger partial charge in [-0.15, -0.1) is 12.4 Å². The van der Waals surface area contributed by atoms with Gasteiger partial charge in [0.25, 0.3) is 0 Å².